The Bertz CT molecular complexity index is 433. The highest BCUT2D eigenvalue weighted by molar-refractivity contribution is 6.31. The molecule has 0 aliphatic carbocycles. The molecule has 0 amide bonds. The van der Waals surface area contributed by atoms with Crippen LogP contribution < -0.4 is 10.1 Å². The highest BCUT2D eigenvalue weighted by Crippen LogP contribution is 2.32. The van der Waals surface area contributed by atoms with Crippen LogP contribution in [0.25, 0.3) is 0 Å². The first kappa shape index (κ1) is 13.6. The van der Waals surface area contributed by atoms with Crippen LogP contribution in [0.5, 0.6) is 5.75 Å². The number of ether oxygens (including phenoxy) is 1. The van der Waals surface area contributed by atoms with Crippen molar-refractivity contribution in [3.8, 4) is 5.75 Å². The molecule has 18 heavy (non-hydrogen) atoms. The van der Waals surface area contributed by atoms with Gasteiger partial charge in [-0.3, -0.25) is 4.90 Å². The third kappa shape index (κ3) is 2.76. The van der Waals surface area contributed by atoms with Crippen molar-refractivity contribution in [1.82, 2.24) is 10.2 Å². The lowest BCUT2D eigenvalue weighted by Gasteiger charge is -2.28. The van der Waals surface area contributed by atoms with Crippen LogP contribution in [0, 0.1) is 12.7 Å². The van der Waals surface area contributed by atoms with Gasteiger partial charge in [-0.15, -0.1) is 0 Å². The van der Waals surface area contributed by atoms with Crippen LogP contribution in [-0.4, -0.2) is 38.2 Å². The molecule has 1 heterocycles. The molecule has 0 saturated carbocycles. The predicted octanol–water partition coefficient (Wildman–Crippen LogP) is 2.20. The van der Waals surface area contributed by atoms with Gasteiger partial charge in [-0.05, 0) is 18.6 Å². The molecule has 2 rings (SSSR count). The van der Waals surface area contributed by atoms with E-state index in [9.17, 15) is 4.39 Å². The maximum Gasteiger partial charge on any atom is 0.166 e. The van der Waals surface area contributed by atoms with E-state index in [0.717, 1.165) is 37.3 Å². The first-order valence-corrected chi connectivity index (χ1v) is 6.45. The number of benzene rings is 1. The zero-order valence-electron chi connectivity index (χ0n) is 10.7. The molecule has 1 saturated heterocycles. The van der Waals surface area contributed by atoms with Gasteiger partial charge in [0.15, 0.2) is 11.6 Å². The van der Waals surface area contributed by atoms with E-state index in [0.29, 0.717) is 17.3 Å². The molecule has 0 spiro atoms. The highest BCUT2D eigenvalue weighted by Gasteiger charge is 2.19. The lowest BCUT2D eigenvalue weighted by Crippen LogP contribution is -2.43. The number of hydrogen-bond acceptors (Lipinski definition) is 3. The molecule has 100 valence electrons. The molecule has 1 aromatic rings. The van der Waals surface area contributed by atoms with Crippen molar-refractivity contribution >= 4 is 11.6 Å². The van der Waals surface area contributed by atoms with Gasteiger partial charge in [0.2, 0.25) is 0 Å². The Morgan fingerprint density at radius 2 is 2.11 bits per heavy atom. The van der Waals surface area contributed by atoms with E-state index in [1.807, 2.05) is 6.92 Å². The van der Waals surface area contributed by atoms with Crippen molar-refractivity contribution in [2.45, 2.75) is 13.5 Å². The van der Waals surface area contributed by atoms with E-state index in [1.165, 1.54) is 13.2 Å². The molecule has 1 N–H and O–H groups in total. The minimum Gasteiger partial charge on any atom is -0.493 e. The molecular formula is C13H18ClFN2O. The van der Waals surface area contributed by atoms with Crippen LogP contribution in [0.3, 0.4) is 0 Å². The summed E-state index contributed by atoms with van der Waals surface area (Å²) in [6.07, 6.45) is 0. The van der Waals surface area contributed by atoms with Crippen molar-refractivity contribution < 1.29 is 9.13 Å². The van der Waals surface area contributed by atoms with E-state index >= 15 is 0 Å². The van der Waals surface area contributed by atoms with Crippen LogP contribution in [0.1, 0.15) is 11.1 Å². The second kappa shape index (κ2) is 5.87. The summed E-state index contributed by atoms with van der Waals surface area (Å²) in [5.41, 5.74) is 1.75. The maximum atomic E-state index is 13.8. The third-order valence-corrected chi connectivity index (χ3v) is 3.74. The van der Waals surface area contributed by atoms with Crippen molar-refractivity contribution in [3.63, 3.8) is 0 Å². The second-order valence-electron chi connectivity index (χ2n) is 4.50. The van der Waals surface area contributed by atoms with E-state index < -0.39 is 5.82 Å². The summed E-state index contributed by atoms with van der Waals surface area (Å²) >= 11 is 6.04. The van der Waals surface area contributed by atoms with Gasteiger partial charge in [-0.25, -0.2) is 4.39 Å². The second-order valence-corrected chi connectivity index (χ2v) is 4.91. The standard InChI is InChI=1S/C13H18ClFN2O/c1-9-10(8-17-5-3-16-4-6-17)13(18-2)12(15)7-11(9)14/h7,16H,3-6,8H2,1-2H3. The molecule has 1 aliphatic rings. The minimum atomic E-state index is -0.391. The number of hydrogen-bond donors (Lipinski definition) is 1. The molecule has 1 fully saturated rings. The highest BCUT2D eigenvalue weighted by atomic mass is 35.5. The van der Waals surface area contributed by atoms with E-state index in [-0.39, 0.29) is 0 Å². The molecule has 0 radical (unpaired) electrons. The molecule has 0 atom stereocenters. The first-order valence-electron chi connectivity index (χ1n) is 6.08. The Morgan fingerprint density at radius 3 is 2.72 bits per heavy atom. The lowest BCUT2D eigenvalue weighted by molar-refractivity contribution is 0.228. The smallest absolute Gasteiger partial charge is 0.166 e. The summed E-state index contributed by atoms with van der Waals surface area (Å²) < 4.78 is 19.0. The topological polar surface area (TPSA) is 24.5 Å². The largest absolute Gasteiger partial charge is 0.493 e. The van der Waals surface area contributed by atoms with Gasteiger partial charge in [0.25, 0.3) is 0 Å². The Balaban J connectivity index is 2.29. The maximum absolute atomic E-state index is 13.8. The minimum absolute atomic E-state index is 0.315. The molecule has 0 unspecified atom stereocenters. The van der Waals surface area contributed by atoms with Crippen molar-refractivity contribution in [2.75, 3.05) is 33.3 Å². The van der Waals surface area contributed by atoms with Crippen LogP contribution >= 0.6 is 11.6 Å². The predicted molar refractivity (Wildman–Crippen MR) is 70.8 cm³/mol. The SMILES string of the molecule is COc1c(F)cc(Cl)c(C)c1CN1CCNCC1. The number of halogens is 2. The Kier molecular flexibility index (Phi) is 4.43. The van der Waals surface area contributed by atoms with Crippen LogP contribution in [0.15, 0.2) is 6.07 Å². The van der Waals surface area contributed by atoms with Gasteiger partial charge in [-0.1, -0.05) is 11.6 Å². The summed E-state index contributed by atoms with van der Waals surface area (Å²) in [5, 5.41) is 3.75. The van der Waals surface area contributed by atoms with Gasteiger partial charge in [-0.2, -0.15) is 0 Å². The number of methoxy groups -OCH3 is 1. The van der Waals surface area contributed by atoms with E-state index in [1.54, 1.807) is 0 Å². The molecule has 1 aliphatic heterocycles. The van der Waals surface area contributed by atoms with Gasteiger partial charge in [0.05, 0.1) is 7.11 Å². The Hall–Kier alpha value is -0.840. The average Bonchev–Trinajstić information content (AvgIpc) is 2.37. The summed E-state index contributed by atoms with van der Waals surface area (Å²) in [6.45, 7) is 6.41. The van der Waals surface area contributed by atoms with E-state index in [4.69, 9.17) is 16.3 Å². The molecule has 1 aromatic carbocycles. The van der Waals surface area contributed by atoms with Gasteiger partial charge in [0, 0.05) is 43.3 Å². The van der Waals surface area contributed by atoms with Crippen LogP contribution in [0.4, 0.5) is 4.39 Å². The molecule has 0 aromatic heterocycles. The molecule has 5 heteroatoms. The fraction of sp³-hybridized carbons (Fsp3) is 0.538. The van der Waals surface area contributed by atoms with Gasteiger partial charge < -0.3 is 10.1 Å². The van der Waals surface area contributed by atoms with Crippen LogP contribution in [-0.2, 0) is 6.54 Å². The van der Waals surface area contributed by atoms with Gasteiger partial charge >= 0.3 is 0 Å². The Morgan fingerprint density at radius 1 is 1.44 bits per heavy atom. The zero-order valence-corrected chi connectivity index (χ0v) is 11.5. The fourth-order valence-electron chi connectivity index (χ4n) is 2.25. The molecular weight excluding hydrogens is 255 g/mol. The average molecular weight is 273 g/mol. The fourth-order valence-corrected chi connectivity index (χ4v) is 2.46. The Labute approximate surface area is 112 Å². The van der Waals surface area contributed by atoms with Gasteiger partial charge in [0.1, 0.15) is 0 Å². The van der Waals surface area contributed by atoms with E-state index in [2.05, 4.69) is 10.2 Å². The molecule has 0 bridgehead atoms. The quantitative estimate of drug-likeness (QED) is 0.913. The summed E-state index contributed by atoms with van der Waals surface area (Å²) in [6, 6.07) is 1.32. The van der Waals surface area contributed by atoms with Crippen molar-refractivity contribution in [2.24, 2.45) is 0 Å². The zero-order chi connectivity index (χ0) is 13.1. The molecule has 3 nitrogen and oxygen atoms in total. The van der Waals surface area contributed by atoms with Crippen LogP contribution in [0.2, 0.25) is 5.02 Å². The number of nitrogens with one attached hydrogen (secondary N) is 1. The first-order chi connectivity index (χ1) is 8.63. The number of rotatable bonds is 3. The summed E-state index contributed by atoms with van der Waals surface area (Å²) in [4.78, 5) is 2.27. The summed E-state index contributed by atoms with van der Waals surface area (Å²) in [5.74, 6) is -0.0753. The normalized spacial score (nSPS) is 16.9. The third-order valence-electron chi connectivity index (χ3n) is 3.35. The lowest BCUT2D eigenvalue weighted by atomic mass is 10.1. The number of piperazine rings is 1. The van der Waals surface area contributed by atoms with Crippen molar-refractivity contribution in [3.05, 3.63) is 28.0 Å². The van der Waals surface area contributed by atoms with Crippen molar-refractivity contribution in [1.29, 1.82) is 0 Å². The monoisotopic (exact) mass is 272 g/mol. The number of nitrogens with zero attached hydrogens (tertiary/aromatic N) is 1. The summed E-state index contributed by atoms with van der Waals surface area (Å²) in [7, 11) is 1.49.